The van der Waals surface area contributed by atoms with Gasteiger partial charge in [-0.15, -0.1) is 0 Å². The van der Waals surface area contributed by atoms with E-state index in [1.807, 2.05) is 13.0 Å². The number of carbonyl (C=O) groups excluding carboxylic acids is 1. The van der Waals surface area contributed by atoms with Crippen LogP contribution in [0.25, 0.3) is 0 Å². The number of carbonyl (C=O) groups is 1. The first-order valence-corrected chi connectivity index (χ1v) is 12.9. The summed E-state index contributed by atoms with van der Waals surface area (Å²) < 4.78 is 38.5. The van der Waals surface area contributed by atoms with Gasteiger partial charge in [0.1, 0.15) is 12.5 Å². The number of amides is 1. The number of rotatable bonds is 7. The summed E-state index contributed by atoms with van der Waals surface area (Å²) in [7, 11) is -1.71. The summed E-state index contributed by atoms with van der Waals surface area (Å²) in [6, 6.07) is 2.13. The second-order valence-corrected chi connectivity index (χ2v) is 11.2. The van der Waals surface area contributed by atoms with Gasteiger partial charge in [0, 0.05) is 13.0 Å². The molecule has 2 saturated heterocycles. The number of hydrogen-bond acceptors (Lipinski definition) is 7. The maximum atomic E-state index is 13.1. The lowest BCUT2D eigenvalue weighted by Gasteiger charge is -2.41. The highest BCUT2D eigenvalue weighted by molar-refractivity contribution is 7.96. The number of aliphatic imine (C=N–C) groups is 1. The minimum atomic E-state index is -3.35. The van der Waals surface area contributed by atoms with Gasteiger partial charge in [-0.05, 0) is 57.0 Å². The number of furan rings is 1. The van der Waals surface area contributed by atoms with Gasteiger partial charge < -0.3 is 9.15 Å². The SMILES string of the molecule is C=[N+](CC1C=CC(S(=O)(=O)C2CCN(C3COC3)CC2)=CC1)C(=O)c1cc(C)c(C=NC)o1. The Kier molecular flexibility index (Phi) is 7.11. The van der Waals surface area contributed by atoms with Gasteiger partial charge in [-0.2, -0.15) is 4.58 Å². The Morgan fingerprint density at radius 3 is 2.64 bits per heavy atom. The fourth-order valence-corrected chi connectivity index (χ4v) is 6.35. The van der Waals surface area contributed by atoms with E-state index >= 15 is 0 Å². The van der Waals surface area contributed by atoms with Crippen LogP contribution in [0.1, 0.15) is 41.1 Å². The summed E-state index contributed by atoms with van der Waals surface area (Å²) in [5.74, 6) is 0.458. The molecule has 1 atom stereocenters. The summed E-state index contributed by atoms with van der Waals surface area (Å²) in [5, 5.41) is -0.337. The third kappa shape index (κ3) is 5.10. The van der Waals surface area contributed by atoms with Gasteiger partial charge in [0.2, 0.25) is 5.76 Å². The smallest absolute Gasteiger partial charge is 0.445 e. The van der Waals surface area contributed by atoms with E-state index in [1.165, 1.54) is 4.58 Å². The molecule has 0 N–H and O–H groups in total. The van der Waals surface area contributed by atoms with Gasteiger partial charge in [-0.3, -0.25) is 9.89 Å². The van der Waals surface area contributed by atoms with Gasteiger partial charge in [0.15, 0.2) is 16.4 Å². The number of sulfone groups is 1. The average Bonchev–Trinajstić information content (AvgIpc) is 3.13. The number of ether oxygens (including phenoxy) is 1. The van der Waals surface area contributed by atoms with Crippen LogP contribution in [0.5, 0.6) is 0 Å². The summed E-state index contributed by atoms with van der Waals surface area (Å²) in [6.07, 6.45) is 8.79. The first kappa shape index (κ1) is 23.8. The van der Waals surface area contributed by atoms with Crippen LogP contribution in [-0.4, -0.2) is 87.9 Å². The Morgan fingerprint density at radius 2 is 2.06 bits per heavy atom. The molecule has 1 unspecified atom stereocenters. The Morgan fingerprint density at radius 1 is 1.33 bits per heavy atom. The second kappa shape index (κ2) is 9.87. The Balaban J connectivity index is 1.32. The van der Waals surface area contributed by atoms with E-state index in [4.69, 9.17) is 9.15 Å². The molecular weight excluding hydrogens is 442 g/mol. The molecule has 2 fully saturated rings. The van der Waals surface area contributed by atoms with Crippen molar-refractivity contribution in [3.8, 4) is 0 Å². The van der Waals surface area contributed by atoms with Crippen molar-refractivity contribution >= 4 is 28.7 Å². The molecule has 0 radical (unpaired) electrons. The molecule has 1 aromatic heterocycles. The monoisotopic (exact) mass is 474 g/mol. The van der Waals surface area contributed by atoms with Crippen LogP contribution in [0.4, 0.5) is 0 Å². The van der Waals surface area contributed by atoms with E-state index in [9.17, 15) is 13.2 Å². The highest BCUT2D eigenvalue weighted by Crippen LogP contribution is 2.29. The van der Waals surface area contributed by atoms with Gasteiger partial charge in [-0.1, -0.05) is 12.2 Å². The first-order valence-electron chi connectivity index (χ1n) is 11.4. The standard InChI is InChI=1S/C24H32N3O5S/c1-17-12-22(32-23(17)13-25-2)24(28)26(3)14-18-4-6-20(7-5-18)33(29,30)21-8-10-27(11-9-21)19-15-31-16-19/h4,6-7,12-13,18-19,21H,3,5,8-11,14-16H2,1-2H3/q+1. The molecule has 0 aromatic carbocycles. The molecule has 0 spiro atoms. The zero-order valence-electron chi connectivity index (χ0n) is 19.3. The van der Waals surface area contributed by atoms with Crippen LogP contribution in [0.3, 0.4) is 0 Å². The third-order valence-electron chi connectivity index (χ3n) is 6.69. The van der Waals surface area contributed by atoms with E-state index < -0.39 is 9.84 Å². The summed E-state index contributed by atoms with van der Waals surface area (Å²) in [4.78, 5) is 19.4. The molecule has 1 amide bonds. The largest absolute Gasteiger partial charge is 0.454 e. The average molecular weight is 475 g/mol. The molecule has 178 valence electrons. The lowest BCUT2D eigenvalue weighted by Crippen LogP contribution is -2.53. The molecule has 1 aliphatic carbocycles. The molecule has 33 heavy (non-hydrogen) atoms. The van der Waals surface area contributed by atoms with Crippen LogP contribution in [0, 0.1) is 12.8 Å². The number of aryl methyl sites for hydroxylation is 1. The zero-order chi connectivity index (χ0) is 23.6. The van der Waals surface area contributed by atoms with E-state index in [2.05, 4.69) is 16.6 Å². The van der Waals surface area contributed by atoms with Crippen LogP contribution < -0.4 is 0 Å². The maximum absolute atomic E-state index is 13.1. The van der Waals surface area contributed by atoms with Crippen molar-refractivity contribution in [1.29, 1.82) is 0 Å². The van der Waals surface area contributed by atoms with Crippen molar-refractivity contribution in [2.45, 2.75) is 37.5 Å². The molecule has 0 bridgehead atoms. The predicted molar refractivity (Wildman–Crippen MR) is 127 cm³/mol. The van der Waals surface area contributed by atoms with Crippen LogP contribution >= 0.6 is 0 Å². The van der Waals surface area contributed by atoms with E-state index in [0.717, 1.165) is 31.9 Å². The third-order valence-corrected chi connectivity index (χ3v) is 9.00. The van der Waals surface area contributed by atoms with Crippen LogP contribution in [-0.2, 0) is 14.6 Å². The van der Waals surface area contributed by atoms with Crippen LogP contribution in [0.2, 0.25) is 0 Å². The second-order valence-electron chi connectivity index (χ2n) is 9.01. The molecule has 2 aliphatic heterocycles. The lowest BCUT2D eigenvalue weighted by molar-refractivity contribution is -0.427. The normalized spacial score (nSPS) is 23.0. The van der Waals surface area contributed by atoms with E-state index in [0.29, 0.717) is 42.5 Å². The van der Waals surface area contributed by atoms with E-state index in [1.54, 1.807) is 31.5 Å². The number of nitrogens with zero attached hydrogens (tertiary/aromatic N) is 3. The first-order chi connectivity index (χ1) is 15.8. The van der Waals surface area contributed by atoms with Gasteiger partial charge in [0.05, 0.1) is 35.6 Å². The fraction of sp³-hybridized carbons (Fsp3) is 0.542. The van der Waals surface area contributed by atoms with Gasteiger partial charge in [-0.25, -0.2) is 13.2 Å². The van der Waals surface area contributed by atoms with Gasteiger partial charge in [0.25, 0.3) is 0 Å². The molecule has 1 aromatic rings. The maximum Gasteiger partial charge on any atom is 0.454 e. The van der Waals surface area contributed by atoms with Crippen molar-refractivity contribution < 1.29 is 26.9 Å². The molecule has 3 aliphatic rings. The minimum Gasteiger partial charge on any atom is -0.445 e. The fourth-order valence-electron chi connectivity index (χ4n) is 4.54. The highest BCUT2D eigenvalue weighted by Gasteiger charge is 2.36. The molecule has 4 rings (SSSR count). The lowest BCUT2D eigenvalue weighted by atomic mass is 10.0. The molecular formula is C24H32N3O5S+. The molecule has 3 heterocycles. The predicted octanol–water partition coefficient (Wildman–Crippen LogP) is 2.23. The Labute approximate surface area is 195 Å². The Hall–Kier alpha value is -2.36. The van der Waals surface area contributed by atoms with Crippen molar-refractivity contribution in [2.24, 2.45) is 10.9 Å². The van der Waals surface area contributed by atoms with Crippen LogP contribution in [0.15, 0.2) is 38.6 Å². The number of likely N-dealkylation sites (tertiary alicyclic amines) is 1. The van der Waals surface area contributed by atoms with Gasteiger partial charge >= 0.3 is 5.91 Å². The summed E-state index contributed by atoms with van der Waals surface area (Å²) in [6.45, 7) is 9.21. The molecule has 0 saturated carbocycles. The quantitative estimate of drug-likeness (QED) is 0.445. The number of hydrogen-bond donors (Lipinski definition) is 0. The van der Waals surface area contributed by atoms with Crippen molar-refractivity contribution in [2.75, 3.05) is 39.9 Å². The summed E-state index contributed by atoms with van der Waals surface area (Å²) in [5.41, 5.74) is 0.833. The van der Waals surface area contributed by atoms with Crippen molar-refractivity contribution in [3.63, 3.8) is 0 Å². The van der Waals surface area contributed by atoms with E-state index in [-0.39, 0.29) is 22.8 Å². The molecule has 8 nitrogen and oxygen atoms in total. The topological polar surface area (TPSA) is 92.2 Å². The number of piperidine rings is 1. The minimum absolute atomic E-state index is 0.00130. The zero-order valence-corrected chi connectivity index (χ0v) is 20.1. The number of allylic oxidation sites excluding steroid dienone is 2. The Bertz CT molecular complexity index is 1100. The van der Waals surface area contributed by atoms with Crippen molar-refractivity contribution in [1.82, 2.24) is 4.90 Å². The van der Waals surface area contributed by atoms with Crippen molar-refractivity contribution in [3.05, 3.63) is 46.3 Å². The highest BCUT2D eigenvalue weighted by atomic mass is 32.2. The summed E-state index contributed by atoms with van der Waals surface area (Å²) >= 11 is 0. The molecule has 9 heteroatoms.